The van der Waals surface area contributed by atoms with Crippen LogP contribution < -0.4 is 0 Å². The Morgan fingerprint density at radius 1 is 1.42 bits per heavy atom. The van der Waals surface area contributed by atoms with Crippen LogP contribution in [0.15, 0.2) is 28.9 Å². The number of ether oxygens (including phenoxy) is 1. The zero-order valence-corrected chi connectivity index (χ0v) is 16.2. The minimum Gasteiger partial charge on any atom is -0.469 e. The van der Waals surface area contributed by atoms with Crippen LogP contribution in [0.25, 0.3) is 0 Å². The largest absolute Gasteiger partial charge is 0.469 e. The Bertz CT molecular complexity index is 703. The van der Waals surface area contributed by atoms with E-state index in [-0.39, 0.29) is 11.4 Å². The molecule has 0 bridgehead atoms. The zero-order valence-electron chi connectivity index (χ0n) is 16.2. The molecule has 2 aliphatic rings. The van der Waals surface area contributed by atoms with Crippen molar-refractivity contribution in [1.29, 1.82) is 0 Å². The molecule has 3 rings (SSSR count). The fraction of sp³-hybridized carbons (Fsp3) is 0.636. The van der Waals surface area contributed by atoms with Crippen LogP contribution in [-0.4, -0.2) is 19.4 Å². The van der Waals surface area contributed by atoms with Gasteiger partial charge in [0, 0.05) is 5.56 Å². The van der Waals surface area contributed by atoms with E-state index in [1.54, 1.807) is 6.26 Å². The lowest BCUT2D eigenvalue weighted by atomic mass is 9.46. The maximum absolute atomic E-state index is 12.6. The third-order valence-corrected chi connectivity index (χ3v) is 7.26. The number of allylic oxidation sites excluding steroid dienone is 1. The number of carbonyl (C=O) groups excluding carboxylic acids is 2. The molecule has 0 N–H and O–H groups in total. The van der Waals surface area contributed by atoms with E-state index in [1.165, 1.54) is 12.7 Å². The molecule has 4 atom stereocenters. The predicted molar refractivity (Wildman–Crippen MR) is 99.9 cm³/mol. The van der Waals surface area contributed by atoms with Crippen LogP contribution in [0.4, 0.5) is 0 Å². The summed E-state index contributed by atoms with van der Waals surface area (Å²) in [4.78, 5) is 23.7. The van der Waals surface area contributed by atoms with E-state index in [0.29, 0.717) is 17.6 Å². The van der Waals surface area contributed by atoms with Gasteiger partial charge in [0.25, 0.3) is 0 Å². The molecule has 0 unspecified atom stereocenters. The van der Waals surface area contributed by atoms with Gasteiger partial charge < -0.3 is 9.15 Å². The van der Waals surface area contributed by atoms with Crippen LogP contribution in [0, 0.1) is 22.7 Å². The molecule has 0 radical (unpaired) electrons. The molecule has 2 fully saturated rings. The van der Waals surface area contributed by atoms with Gasteiger partial charge in [-0.1, -0.05) is 25.5 Å². The Kier molecular flexibility index (Phi) is 5.14. The van der Waals surface area contributed by atoms with E-state index in [1.807, 2.05) is 6.07 Å². The molecule has 0 saturated heterocycles. The first-order chi connectivity index (χ1) is 12.4. The van der Waals surface area contributed by atoms with E-state index >= 15 is 0 Å². The number of esters is 1. The van der Waals surface area contributed by atoms with Gasteiger partial charge in [-0.3, -0.25) is 9.59 Å². The standard InChI is InChI=1S/C22H30O4/c1-15-6-9-19-21(2,11-5-12-22(19,3)20(24)25-4)17(15)8-7-16-10-13-26-18(16)14-23/h10,13-14,17,19H,1,5-9,11-12H2,2-4H3/t17-,19-,21+,22+/m0/s1. The number of hydrogen-bond acceptors (Lipinski definition) is 4. The Morgan fingerprint density at radius 3 is 2.88 bits per heavy atom. The third kappa shape index (κ3) is 2.93. The van der Waals surface area contributed by atoms with Crippen molar-refractivity contribution in [1.82, 2.24) is 0 Å². The van der Waals surface area contributed by atoms with Gasteiger partial charge in [0.2, 0.25) is 0 Å². The molecule has 4 nitrogen and oxygen atoms in total. The van der Waals surface area contributed by atoms with E-state index in [0.717, 1.165) is 56.8 Å². The van der Waals surface area contributed by atoms with Crippen LogP contribution in [0.2, 0.25) is 0 Å². The van der Waals surface area contributed by atoms with Gasteiger partial charge in [0.15, 0.2) is 12.0 Å². The number of hydrogen-bond donors (Lipinski definition) is 0. The van der Waals surface area contributed by atoms with E-state index < -0.39 is 5.41 Å². The molecular formula is C22H30O4. The van der Waals surface area contributed by atoms with Crippen molar-refractivity contribution in [2.24, 2.45) is 22.7 Å². The van der Waals surface area contributed by atoms with E-state index in [9.17, 15) is 9.59 Å². The summed E-state index contributed by atoms with van der Waals surface area (Å²) >= 11 is 0. The molecule has 1 aromatic heterocycles. The second kappa shape index (κ2) is 7.05. The van der Waals surface area contributed by atoms with Gasteiger partial charge in [-0.2, -0.15) is 0 Å². The summed E-state index contributed by atoms with van der Waals surface area (Å²) in [6.45, 7) is 8.80. The number of carbonyl (C=O) groups is 2. The molecule has 4 heteroatoms. The van der Waals surface area contributed by atoms with Crippen LogP contribution >= 0.6 is 0 Å². The van der Waals surface area contributed by atoms with Crippen molar-refractivity contribution in [2.45, 2.75) is 58.8 Å². The third-order valence-electron chi connectivity index (χ3n) is 7.26. The summed E-state index contributed by atoms with van der Waals surface area (Å²) in [6.07, 6.45) is 9.10. The summed E-state index contributed by atoms with van der Waals surface area (Å²) in [6, 6.07) is 1.88. The molecule has 2 aliphatic carbocycles. The quantitative estimate of drug-likeness (QED) is 0.423. The molecule has 0 aliphatic heterocycles. The van der Waals surface area contributed by atoms with Crippen LogP contribution in [0.1, 0.15) is 68.5 Å². The molecule has 2 saturated carbocycles. The zero-order chi connectivity index (χ0) is 18.9. The number of rotatable bonds is 5. The molecule has 0 aromatic carbocycles. The first-order valence-corrected chi connectivity index (χ1v) is 9.64. The second-order valence-electron chi connectivity index (χ2n) is 8.54. The molecule has 26 heavy (non-hydrogen) atoms. The molecule has 0 spiro atoms. The van der Waals surface area contributed by atoms with Gasteiger partial charge in [-0.05, 0) is 68.8 Å². The van der Waals surface area contributed by atoms with Crippen molar-refractivity contribution >= 4 is 12.3 Å². The van der Waals surface area contributed by atoms with Crippen LogP contribution in [0.5, 0.6) is 0 Å². The normalized spacial score (nSPS) is 34.2. The second-order valence-corrected chi connectivity index (χ2v) is 8.54. The van der Waals surface area contributed by atoms with Crippen LogP contribution in [-0.2, 0) is 16.0 Å². The highest BCUT2D eigenvalue weighted by atomic mass is 16.5. The van der Waals surface area contributed by atoms with Gasteiger partial charge in [0.05, 0.1) is 18.8 Å². The van der Waals surface area contributed by atoms with Gasteiger partial charge >= 0.3 is 5.97 Å². The maximum atomic E-state index is 12.6. The molecule has 1 aromatic rings. The molecule has 1 heterocycles. The lowest BCUT2D eigenvalue weighted by Gasteiger charge is -2.57. The van der Waals surface area contributed by atoms with Gasteiger partial charge in [-0.15, -0.1) is 0 Å². The van der Waals surface area contributed by atoms with Crippen molar-refractivity contribution in [3.63, 3.8) is 0 Å². The minimum atomic E-state index is -0.412. The fourth-order valence-electron chi connectivity index (χ4n) is 5.92. The topological polar surface area (TPSA) is 56.5 Å². The molecular weight excluding hydrogens is 328 g/mol. The predicted octanol–water partition coefficient (Wildman–Crippen LogP) is 4.98. The number of aryl methyl sites for hydroxylation is 1. The average Bonchev–Trinajstić information content (AvgIpc) is 3.07. The fourth-order valence-corrected chi connectivity index (χ4v) is 5.92. The monoisotopic (exact) mass is 358 g/mol. The lowest BCUT2D eigenvalue weighted by Crippen LogP contribution is -2.53. The SMILES string of the molecule is C=C1CC[C@H]2[C@](C)(CCC[C@@]2(C)C(=O)OC)[C@H]1CCc1ccoc1C=O. The van der Waals surface area contributed by atoms with Gasteiger partial charge in [-0.25, -0.2) is 0 Å². The lowest BCUT2D eigenvalue weighted by molar-refractivity contribution is -0.168. The summed E-state index contributed by atoms with van der Waals surface area (Å²) in [7, 11) is 1.50. The van der Waals surface area contributed by atoms with Crippen molar-refractivity contribution < 1.29 is 18.7 Å². The highest BCUT2D eigenvalue weighted by molar-refractivity contribution is 5.77. The number of fused-ring (bicyclic) bond motifs is 1. The Morgan fingerprint density at radius 2 is 2.19 bits per heavy atom. The van der Waals surface area contributed by atoms with Crippen molar-refractivity contribution in [3.05, 3.63) is 35.8 Å². The minimum absolute atomic E-state index is 0.0433. The summed E-state index contributed by atoms with van der Waals surface area (Å²) in [5.74, 6) is 1.01. The number of furan rings is 1. The highest BCUT2D eigenvalue weighted by Gasteiger charge is 2.57. The highest BCUT2D eigenvalue weighted by Crippen LogP contribution is 2.62. The van der Waals surface area contributed by atoms with Crippen LogP contribution in [0.3, 0.4) is 0 Å². The number of aldehydes is 1. The summed E-state index contributed by atoms with van der Waals surface area (Å²) in [5.41, 5.74) is 1.88. The molecule has 142 valence electrons. The van der Waals surface area contributed by atoms with E-state index in [4.69, 9.17) is 9.15 Å². The van der Waals surface area contributed by atoms with Crippen molar-refractivity contribution in [3.8, 4) is 0 Å². The van der Waals surface area contributed by atoms with Crippen molar-refractivity contribution in [2.75, 3.05) is 7.11 Å². The number of methoxy groups -OCH3 is 1. The average molecular weight is 358 g/mol. The first kappa shape index (κ1) is 18.9. The molecule has 0 amide bonds. The smallest absolute Gasteiger partial charge is 0.311 e. The Labute approximate surface area is 156 Å². The Hall–Kier alpha value is -1.84. The Balaban J connectivity index is 1.86. The maximum Gasteiger partial charge on any atom is 0.311 e. The summed E-state index contributed by atoms with van der Waals surface area (Å²) in [5, 5.41) is 0. The van der Waals surface area contributed by atoms with Gasteiger partial charge in [0.1, 0.15) is 0 Å². The first-order valence-electron chi connectivity index (χ1n) is 9.64. The summed E-state index contributed by atoms with van der Waals surface area (Å²) < 4.78 is 10.4. The van der Waals surface area contributed by atoms with E-state index in [2.05, 4.69) is 20.4 Å².